The van der Waals surface area contributed by atoms with Crippen LogP contribution in [0.1, 0.15) is 0 Å². The average Bonchev–Trinajstić information content (AvgIpc) is 3.32. The minimum Gasteiger partial charge on any atom is -0.310 e. The van der Waals surface area contributed by atoms with Crippen molar-refractivity contribution in [2.45, 2.75) is 0 Å². The first-order valence-electron chi connectivity index (χ1n) is 20.8. The maximum absolute atomic E-state index is 2.42. The van der Waals surface area contributed by atoms with E-state index in [1.807, 2.05) is 0 Å². The van der Waals surface area contributed by atoms with Gasteiger partial charge in [-0.1, -0.05) is 158 Å². The summed E-state index contributed by atoms with van der Waals surface area (Å²) < 4.78 is 0. The van der Waals surface area contributed by atoms with E-state index in [0.717, 1.165) is 34.1 Å². The summed E-state index contributed by atoms with van der Waals surface area (Å²) in [5, 5.41) is 20.7. The molecule has 0 unspecified atom stereocenters. The molecule has 0 spiro atoms. The van der Waals surface area contributed by atoms with Gasteiger partial charge < -0.3 is 9.80 Å². The third-order valence-electron chi connectivity index (χ3n) is 12.9. The first-order chi connectivity index (χ1) is 29.8. The molecular weight excluding hydrogens is 725 g/mol. The fraction of sp³-hybridized carbons (Fsp3) is 0. The summed E-state index contributed by atoms with van der Waals surface area (Å²) in [7, 11) is 0. The fourth-order valence-corrected chi connectivity index (χ4v) is 10.4. The van der Waals surface area contributed by atoms with E-state index >= 15 is 0 Å². The van der Waals surface area contributed by atoms with Crippen LogP contribution < -0.4 is 9.80 Å². The molecule has 2 nitrogen and oxygen atoms in total. The van der Waals surface area contributed by atoms with Crippen molar-refractivity contribution in [2.75, 3.05) is 9.80 Å². The van der Waals surface area contributed by atoms with Gasteiger partial charge in [0, 0.05) is 33.5 Å². The highest BCUT2D eigenvalue weighted by Gasteiger charge is 2.22. The summed E-state index contributed by atoms with van der Waals surface area (Å²) in [5.74, 6) is 0. The largest absolute Gasteiger partial charge is 0.310 e. The zero-order chi connectivity index (χ0) is 39.3. The maximum Gasteiger partial charge on any atom is 0.0540 e. The van der Waals surface area contributed by atoms with Crippen LogP contribution in [0, 0.1) is 0 Å². The second-order valence-electron chi connectivity index (χ2n) is 16.0. The van der Waals surface area contributed by atoms with Crippen molar-refractivity contribution >= 4 is 120 Å². The zero-order valence-electron chi connectivity index (χ0n) is 32.7. The van der Waals surface area contributed by atoms with Crippen LogP contribution in [0.2, 0.25) is 0 Å². The van der Waals surface area contributed by atoms with E-state index in [4.69, 9.17) is 0 Å². The Labute approximate surface area is 347 Å². The quantitative estimate of drug-likeness (QED) is 0.123. The highest BCUT2D eigenvalue weighted by Crippen LogP contribution is 2.49. The van der Waals surface area contributed by atoms with Crippen molar-refractivity contribution in [3.05, 3.63) is 218 Å². The molecule has 0 aromatic heterocycles. The van der Waals surface area contributed by atoms with Gasteiger partial charge in [0.1, 0.15) is 0 Å². The van der Waals surface area contributed by atoms with Crippen LogP contribution in [0.4, 0.5) is 34.1 Å². The van der Waals surface area contributed by atoms with Crippen molar-refractivity contribution in [3.63, 3.8) is 0 Å². The second kappa shape index (κ2) is 12.8. The van der Waals surface area contributed by atoms with Crippen molar-refractivity contribution < 1.29 is 0 Å². The van der Waals surface area contributed by atoms with Crippen molar-refractivity contribution in [2.24, 2.45) is 0 Å². The molecule has 13 aromatic rings. The van der Waals surface area contributed by atoms with Gasteiger partial charge in [-0.05, 0) is 136 Å². The van der Waals surface area contributed by atoms with Crippen LogP contribution in [0.5, 0.6) is 0 Å². The first-order valence-corrected chi connectivity index (χ1v) is 20.8. The molecule has 278 valence electrons. The highest BCUT2D eigenvalue weighted by molar-refractivity contribution is 6.35. The van der Waals surface area contributed by atoms with Crippen LogP contribution >= 0.6 is 0 Å². The predicted molar refractivity (Wildman–Crippen MR) is 258 cm³/mol. The molecule has 0 fully saturated rings. The summed E-state index contributed by atoms with van der Waals surface area (Å²) in [6, 6.07) is 80.4. The van der Waals surface area contributed by atoms with Gasteiger partial charge in [0.25, 0.3) is 0 Å². The Hall–Kier alpha value is -7.94. The summed E-state index contributed by atoms with van der Waals surface area (Å²) in [4.78, 5) is 4.84. The Bertz CT molecular complexity index is 3410. The van der Waals surface area contributed by atoms with Crippen LogP contribution in [0.25, 0.3) is 86.2 Å². The molecule has 0 saturated carbocycles. The number of anilines is 6. The predicted octanol–water partition coefficient (Wildman–Crippen LogP) is 16.7. The molecule has 60 heavy (non-hydrogen) atoms. The monoisotopic (exact) mass is 760 g/mol. The molecule has 13 aromatic carbocycles. The number of para-hydroxylation sites is 2. The summed E-state index contributed by atoms with van der Waals surface area (Å²) in [6.45, 7) is 0. The normalized spacial score (nSPS) is 12.0. The van der Waals surface area contributed by atoms with Crippen molar-refractivity contribution in [3.8, 4) is 0 Å². The lowest BCUT2D eigenvalue weighted by atomic mass is 9.89. The molecule has 13 rings (SSSR count). The van der Waals surface area contributed by atoms with Crippen LogP contribution in [-0.4, -0.2) is 0 Å². The molecule has 0 bridgehead atoms. The number of benzene rings is 13. The van der Waals surface area contributed by atoms with Gasteiger partial charge in [0.05, 0.1) is 11.4 Å². The van der Waals surface area contributed by atoms with Crippen molar-refractivity contribution in [1.82, 2.24) is 0 Å². The third-order valence-corrected chi connectivity index (χ3v) is 12.9. The van der Waals surface area contributed by atoms with E-state index in [9.17, 15) is 0 Å². The lowest BCUT2D eigenvalue weighted by molar-refractivity contribution is 1.27. The lowest BCUT2D eigenvalue weighted by Crippen LogP contribution is -2.13. The number of hydrogen-bond donors (Lipinski definition) is 0. The smallest absolute Gasteiger partial charge is 0.0540 e. The van der Waals surface area contributed by atoms with E-state index in [2.05, 4.69) is 228 Å². The Morgan fingerprint density at radius 2 is 0.467 bits per heavy atom. The minimum atomic E-state index is 1.10. The molecule has 0 N–H and O–H groups in total. The minimum absolute atomic E-state index is 1.10. The summed E-state index contributed by atoms with van der Waals surface area (Å²) in [5.41, 5.74) is 6.73. The van der Waals surface area contributed by atoms with Gasteiger partial charge in [-0.2, -0.15) is 0 Å². The Balaban J connectivity index is 1.01. The molecule has 0 aliphatic rings. The fourth-order valence-electron chi connectivity index (χ4n) is 10.4. The molecule has 0 aliphatic carbocycles. The zero-order valence-corrected chi connectivity index (χ0v) is 32.7. The molecule has 0 radical (unpaired) electrons. The van der Waals surface area contributed by atoms with Crippen LogP contribution in [0.15, 0.2) is 218 Å². The van der Waals surface area contributed by atoms with Gasteiger partial charge in [-0.15, -0.1) is 0 Å². The van der Waals surface area contributed by atoms with Gasteiger partial charge in [0.15, 0.2) is 0 Å². The van der Waals surface area contributed by atoms with Gasteiger partial charge in [-0.25, -0.2) is 0 Å². The third kappa shape index (κ3) is 4.70. The standard InChI is InChI=1S/C58H36N2/c1-3-17-39(18-4-1)59(53-35-33-49-45-23-9-15-37-13-7-21-43(55(37)45)47-25-11-27-51(53)57(47)49)41-29-31-42(32-30-41)60(40-19-5-2-6-20-40)54-36-34-50-46-24-10-16-38-14-8-22-44(56(38)46)48-26-12-28-52(54)58(48)50/h1-36H. The number of nitrogens with zero attached hydrogens (tertiary/aromatic N) is 2. The van der Waals surface area contributed by atoms with E-state index in [1.165, 1.54) is 86.2 Å². The van der Waals surface area contributed by atoms with Crippen molar-refractivity contribution in [1.29, 1.82) is 0 Å². The molecule has 2 heteroatoms. The summed E-state index contributed by atoms with van der Waals surface area (Å²) >= 11 is 0. The molecule has 0 heterocycles. The van der Waals surface area contributed by atoms with E-state index in [1.54, 1.807) is 0 Å². The molecule has 0 amide bonds. The van der Waals surface area contributed by atoms with Gasteiger partial charge in [-0.3, -0.25) is 0 Å². The van der Waals surface area contributed by atoms with Gasteiger partial charge in [0.2, 0.25) is 0 Å². The average molecular weight is 761 g/mol. The van der Waals surface area contributed by atoms with Crippen LogP contribution in [-0.2, 0) is 0 Å². The second-order valence-corrected chi connectivity index (χ2v) is 16.0. The first kappa shape index (κ1) is 33.1. The number of fused-ring (bicyclic) bond motifs is 4. The maximum atomic E-state index is 2.42. The molecular formula is C58H36N2. The Kier molecular flexibility index (Phi) is 7.05. The molecule has 0 saturated heterocycles. The Morgan fingerprint density at radius 1 is 0.183 bits per heavy atom. The van der Waals surface area contributed by atoms with Gasteiger partial charge >= 0.3 is 0 Å². The Morgan fingerprint density at radius 3 is 0.833 bits per heavy atom. The van der Waals surface area contributed by atoms with E-state index < -0.39 is 0 Å². The SMILES string of the molecule is c1ccc(N(c2ccc(N(c3ccccc3)c3ccc4c5cccc6cccc(c7cccc3c74)c65)cc2)c2ccc3c4cccc5cccc(c6cccc2c63)c54)cc1. The lowest BCUT2D eigenvalue weighted by Gasteiger charge is -2.30. The van der Waals surface area contributed by atoms with E-state index in [-0.39, 0.29) is 0 Å². The summed E-state index contributed by atoms with van der Waals surface area (Å²) in [6.07, 6.45) is 0. The molecule has 0 aliphatic heterocycles. The molecule has 0 atom stereocenters. The number of rotatable bonds is 6. The van der Waals surface area contributed by atoms with E-state index in [0.29, 0.717) is 0 Å². The highest BCUT2D eigenvalue weighted by atomic mass is 15.2. The van der Waals surface area contributed by atoms with Crippen LogP contribution in [0.3, 0.4) is 0 Å². The number of hydrogen-bond acceptors (Lipinski definition) is 2. The topological polar surface area (TPSA) is 6.48 Å².